The van der Waals surface area contributed by atoms with Gasteiger partial charge < -0.3 is 4.74 Å². The van der Waals surface area contributed by atoms with E-state index in [0.717, 1.165) is 5.56 Å². The van der Waals surface area contributed by atoms with Crippen LogP contribution in [0.1, 0.15) is 10.4 Å². The molecule has 7 heteroatoms. The van der Waals surface area contributed by atoms with Crippen molar-refractivity contribution in [2.45, 2.75) is 12.5 Å². The van der Waals surface area contributed by atoms with Gasteiger partial charge in [-0.25, -0.2) is 0 Å². The van der Waals surface area contributed by atoms with E-state index < -0.39 is 12.5 Å². The lowest BCUT2D eigenvalue weighted by Crippen LogP contribution is -2.33. The zero-order valence-corrected chi connectivity index (χ0v) is 12.4. The first kappa shape index (κ1) is 17.3. The van der Waals surface area contributed by atoms with Crippen molar-refractivity contribution in [3.05, 3.63) is 54.1 Å². The first-order valence-corrected chi connectivity index (χ1v) is 7.01. The largest absolute Gasteiger partial charge is 0.461 e. The van der Waals surface area contributed by atoms with Gasteiger partial charge in [-0.1, -0.05) is 36.4 Å². The molecule has 2 aromatic carbocycles. The zero-order valence-electron chi connectivity index (χ0n) is 11.6. The van der Waals surface area contributed by atoms with E-state index in [1.54, 1.807) is 24.3 Å². The molecule has 0 saturated carbocycles. The summed E-state index contributed by atoms with van der Waals surface area (Å²) in [6, 6.07) is 11.8. The minimum Gasteiger partial charge on any atom is -0.428 e. The molecule has 0 unspecified atom stereocenters. The number of benzene rings is 2. The van der Waals surface area contributed by atoms with Crippen molar-refractivity contribution in [1.82, 2.24) is 0 Å². The van der Waals surface area contributed by atoms with Crippen LogP contribution < -0.4 is 4.74 Å². The Bertz CT molecular complexity index is 669. The summed E-state index contributed by atoms with van der Waals surface area (Å²) in [5.41, 5.74) is 1.84. The Kier molecular flexibility index (Phi) is 5.26. The lowest BCUT2D eigenvalue weighted by molar-refractivity contribution is -0.253. The number of alkyl halides is 5. The number of rotatable bonds is 6. The zero-order chi connectivity index (χ0) is 17.0. The van der Waals surface area contributed by atoms with Crippen LogP contribution in [-0.4, -0.2) is 24.2 Å². The van der Waals surface area contributed by atoms with Gasteiger partial charge in [-0.3, -0.25) is 4.79 Å². The molecule has 2 rings (SSSR count). The molecule has 122 valence electrons. The number of halogens is 5. The Morgan fingerprint density at radius 1 is 1.00 bits per heavy atom. The predicted molar refractivity (Wildman–Crippen MR) is 78.5 cm³/mol. The van der Waals surface area contributed by atoms with Crippen molar-refractivity contribution < 1.29 is 27.1 Å². The van der Waals surface area contributed by atoms with E-state index in [9.17, 15) is 22.4 Å². The Hall–Kier alpha value is -2.08. The third-order valence-corrected chi connectivity index (χ3v) is 3.27. The molecule has 0 radical (unpaired) electrons. The number of carbonyl (C=O) groups excluding carboxylic acids is 1. The number of carbonyl (C=O) groups is 1. The minimum atomic E-state index is -4.54. The van der Waals surface area contributed by atoms with Gasteiger partial charge in [0.1, 0.15) is 5.75 Å². The lowest BCUT2D eigenvalue weighted by atomic mass is 10.0. The van der Waals surface area contributed by atoms with Gasteiger partial charge in [0.25, 0.3) is 0 Å². The molecule has 0 aliphatic heterocycles. The molecule has 0 saturated heterocycles. The highest BCUT2D eigenvalue weighted by atomic mass is 35.5. The third kappa shape index (κ3) is 4.22. The minimum absolute atomic E-state index is 0.121. The van der Waals surface area contributed by atoms with Crippen LogP contribution in [0, 0.1) is 0 Å². The number of hydrogen-bond donors (Lipinski definition) is 0. The van der Waals surface area contributed by atoms with Crippen LogP contribution in [0.25, 0.3) is 11.1 Å². The first-order valence-electron chi connectivity index (χ1n) is 6.48. The summed E-state index contributed by atoms with van der Waals surface area (Å²) in [7, 11) is 0. The highest BCUT2D eigenvalue weighted by Crippen LogP contribution is 2.29. The summed E-state index contributed by atoms with van der Waals surface area (Å²) >= 11 is 5.46. The van der Waals surface area contributed by atoms with E-state index in [2.05, 4.69) is 4.74 Å². The smallest absolute Gasteiger partial charge is 0.428 e. The van der Waals surface area contributed by atoms with E-state index in [0.29, 0.717) is 11.1 Å². The standard InChI is InChI=1S/C16H11ClF4O2/c17-9-14(22)12-3-1-10(2-4-12)11-5-7-13(8-6-11)23-16(20,21)15(18)19/h1-8,15H,9H2. The average Bonchev–Trinajstić information content (AvgIpc) is 2.54. The molecule has 0 aromatic heterocycles. The van der Waals surface area contributed by atoms with Crippen LogP contribution in [0.3, 0.4) is 0 Å². The maximum absolute atomic E-state index is 12.8. The first-order chi connectivity index (χ1) is 10.8. The van der Waals surface area contributed by atoms with Gasteiger partial charge in [-0.2, -0.15) is 17.6 Å². The summed E-state index contributed by atoms with van der Waals surface area (Å²) in [6.45, 7) is 0. The third-order valence-electron chi connectivity index (χ3n) is 3.02. The van der Waals surface area contributed by atoms with Crippen LogP contribution in [0.5, 0.6) is 5.75 Å². The van der Waals surface area contributed by atoms with Gasteiger partial charge in [0.05, 0.1) is 5.88 Å². The molecule has 0 fully saturated rings. The second kappa shape index (κ2) is 7.00. The Morgan fingerprint density at radius 3 is 1.91 bits per heavy atom. The highest BCUT2D eigenvalue weighted by Gasteiger charge is 2.43. The van der Waals surface area contributed by atoms with Crippen molar-refractivity contribution in [1.29, 1.82) is 0 Å². The van der Waals surface area contributed by atoms with E-state index in [1.807, 2.05) is 0 Å². The van der Waals surface area contributed by atoms with E-state index in [4.69, 9.17) is 11.6 Å². The number of ketones is 1. The fourth-order valence-electron chi connectivity index (χ4n) is 1.84. The molecule has 0 bridgehead atoms. The number of hydrogen-bond acceptors (Lipinski definition) is 2. The van der Waals surface area contributed by atoms with Gasteiger partial charge in [0, 0.05) is 5.56 Å². The van der Waals surface area contributed by atoms with Crippen LogP contribution in [0.2, 0.25) is 0 Å². The maximum Gasteiger partial charge on any atom is 0.461 e. The average molecular weight is 347 g/mol. The summed E-state index contributed by atoms with van der Waals surface area (Å²) in [5, 5.41) is 0. The van der Waals surface area contributed by atoms with Gasteiger partial charge in [-0.05, 0) is 23.3 Å². The van der Waals surface area contributed by atoms with Gasteiger partial charge in [-0.15, -0.1) is 11.6 Å². The predicted octanol–water partition coefficient (Wildman–Crippen LogP) is 5.01. The molecular weight excluding hydrogens is 336 g/mol. The van der Waals surface area contributed by atoms with Crippen LogP contribution in [-0.2, 0) is 0 Å². The Morgan fingerprint density at radius 2 is 1.48 bits per heavy atom. The van der Waals surface area contributed by atoms with Crippen molar-refractivity contribution in [3.63, 3.8) is 0 Å². The maximum atomic E-state index is 12.8. The normalized spacial score (nSPS) is 11.6. The van der Waals surface area contributed by atoms with E-state index in [1.165, 1.54) is 24.3 Å². The summed E-state index contributed by atoms with van der Waals surface area (Å²) in [5.74, 6) is -0.701. The molecule has 0 spiro atoms. The molecule has 0 N–H and O–H groups in total. The van der Waals surface area contributed by atoms with Crippen molar-refractivity contribution in [2.24, 2.45) is 0 Å². The topological polar surface area (TPSA) is 26.3 Å². The molecule has 0 amide bonds. The van der Waals surface area contributed by atoms with Crippen LogP contribution in [0.4, 0.5) is 17.6 Å². The number of Topliss-reactive ketones (excluding diaryl/α,β-unsaturated/α-hetero) is 1. The summed E-state index contributed by atoms with van der Waals surface area (Å²) < 4.78 is 53.7. The Labute approximate surface area is 134 Å². The molecule has 2 aromatic rings. The van der Waals surface area contributed by atoms with E-state index >= 15 is 0 Å². The summed E-state index contributed by atoms with van der Waals surface area (Å²) in [4.78, 5) is 11.4. The van der Waals surface area contributed by atoms with E-state index in [-0.39, 0.29) is 17.4 Å². The van der Waals surface area contributed by atoms with Gasteiger partial charge >= 0.3 is 12.5 Å². The molecule has 2 nitrogen and oxygen atoms in total. The SMILES string of the molecule is O=C(CCl)c1ccc(-c2ccc(OC(F)(F)C(F)F)cc2)cc1. The second-order valence-electron chi connectivity index (χ2n) is 4.62. The monoisotopic (exact) mass is 346 g/mol. The van der Waals surface area contributed by atoms with Crippen molar-refractivity contribution in [3.8, 4) is 16.9 Å². The van der Waals surface area contributed by atoms with Crippen LogP contribution >= 0.6 is 11.6 Å². The number of ether oxygens (including phenoxy) is 1. The highest BCUT2D eigenvalue weighted by molar-refractivity contribution is 6.30. The molecule has 0 atom stereocenters. The lowest BCUT2D eigenvalue weighted by Gasteiger charge is -2.16. The molecule has 0 aliphatic rings. The second-order valence-corrected chi connectivity index (χ2v) is 4.89. The molecular formula is C16H11ClF4O2. The summed E-state index contributed by atoms with van der Waals surface area (Å²) in [6.07, 6.45) is -8.44. The van der Waals surface area contributed by atoms with Crippen molar-refractivity contribution in [2.75, 3.05) is 5.88 Å². The van der Waals surface area contributed by atoms with Crippen LogP contribution in [0.15, 0.2) is 48.5 Å². The quantitative estimate of drug-likeness (QED) is 0.417. The van der Waals surface area contributed by atoms with Crippen molar-refractivity contribution >= 4 is 17.4 Å². The van der Waals surface area contributed by atoms with Gasteiger partial charge in [0.15, 0.2) is 5.78 Å². The fourth-order valence-corrected chi connectivity index (χ4v) is 2.00. The van der Waals surface area contributed by atoms with Gasteiger partial charge in [0.2, 0.25) is 0 Å². The molecule has 0 aliphatic carbocycles. The molecule has 23 heavy (non-hydrogen) atoms. The fraction of sp³-hybridized carbons (Fsp3) is 0.188. The molecule has 0 heterocycles. The Balaban J connectivity index is 2.15.